The summed E-state index contributed by atoms with van der Waals surface area (Å²) < 4.78 is 62.6. The number of nitrogens with zero attached hydrogens (tertiary/aromatic N) is 1. The smallest absolute Gasteiger partial charge is 0.422 e. The fourth-order valence-corrected chi connectivity index (χ4v) is 3.78. The summed E-state index contributed by atoms with van der Waals surface area (Å²) >= 11 is 0. The molecule has 1 aromatic heterocycles. The second kappa shape index (κ2) is 11.4. The minimum Gasteiger partial charge on any atom is -0.488 e. The van der Waals surface area contributed by atoms with Crippen LogP contribution in [-0.2, 0) is 13.0 Å². The van der Waals surface area contributed by atoms with Crippen molar-refractivity contribution in [1.29, 1.82) is 0 Å². The van der Waals surface area contributed by atoms with Crippen LogP contribution in [0.15, 0.2) is 42.6 Å². The van der Waals surface area contributed by atoms with Crippen LogP contribution in [0.4, 0.5) is 17.6 Å². The number of hydrogen-bond donors (Lipinski definition) is 3. The van der Waals surface area contributed by atoms with Crippen molar-refractivity contribution in [2.45, 2.75) is 32.1 Å². The lowest BCUT2D eigenvalue weighted by atomic mass is 10.0. The fourth-order valence-electron chi connectivity index (χ4n) is 3.78. The molecular formula is C24H27F4N3O4. The third-order valence-electron chi connectivity index (χ3n) is 5.22. The molecule has 0 aliphatic heterocycles. The van der Waals surface area contributed by atoms with E-state index >= 15 is 0 Å². The average molecular weight is 497 g/mol. The van der Waals surface area contributed by atoms with E-state index in [-0.39, 0.29) is 30.8 Å². The number of carbonyl (C=O) groups excluding carboxylic acids is 1. The highest BCUT2D eigenvalue weighted by Gasteiger charge is 2.29. The Labute approximate surface area is 199 Å². The van der Waals surface area contributed by atoms with Gasteiger partial charge in [-0.05, 0) is 49.2 Å². The number of carbonyl (C=O) groups is 1. The van der Waals surface area contributed by atoms with Crippen molar-refractivity contribution < 1.29 is 36.9 Å². The van der Waals surface area contributed by atoms with Crippen LogP contribution in [0.3, 0.4) is 0 Å². The molecule has 0 saturated heterocycles. The van der Waals surface area contributed by atoms with Gasteiger partial charge >= 0.3 is 6.18 Å². The molecule has 35 heavy (non-hydrogen) atoms. The van der Waals surface area contributed by atoms with Gasteiger partial charge in [0, 0.05) is 36.8 Å². The van der Waals surface area contributed by atoms with Crippen molar-refractivity contribution in [3.8, 4) is 11.5 Å². The Bertz CT molecular complexity index is 1160. The van der Waals surface area contributed by atoms with E-state index in [1.807, 2.05) is 19.1 Å². The van der Waals surface area contributed by atoms with Gasteiger partial charge in [-0.2, -0.15) is 13.2 Å². The fraction of sp³-hybridized carbons (Fsp3) is 0.375. The second-order valence-corrected chi connectivity index (χ2v) is 8.08. The molecule has 1 unspecified atom stereocenters. The van der Waals surface area contributed by atoms with Crippen LogP contribution >= 0.6 is 0 Å². The van der Waals surface area contributed by atoms with Gasteiger partial charge in [-0.15, -0.1) is 0 Å². The predicted octanol–water partition coefficient (Wildman–Crippen LogP) is 3.41. The van der Waals surface area contributed by atoms with Crippen molar-refractivity contribution in [3.63, 3.8) is 0 Å². The zero-order valence-electron chi connectivity index (χ0n) is 19.1. The molecule has 4 N–H and O–H groups in total. The van der Waals surface area contributed by atoms with Crippen LogP contribution in [0, 0.1) is 5.82 Å². The maximum Gasteiger partial charge on any atom is 0.422 e. The van der Waals surface area contributed by atoms with Crippen LogP contribution in [0.25, 0.3) is 10.9 Å². The molecule has 0 aliphatic carbocycles. The van der Waals surface area contributed by atoms with E-state index in [2.05, 4.69) is 10.1 Å². The molecule has 7 nitrogen and oxygen atoms in total. The standard InChI is InChI=1S/C24H27F4N3O4/c1-15(10-16-11-17-4-6-31(7-8-32)22(17)19(12-16)23(29)33)30-5-9-34-20-3-2-18(25)13-21(20)35-14-24(26,27)28/h2-4,6,11-13,15,30,32H,5,7-10,14H2,1H3,(H2,29,33). The highest BCUT2D eigenvalue weighted by atomic mass is 19.4. The molecule has 2 aromatic carbocycles. The molecule has 0 aliphatic rings. The van der Waals surface area contributed by atoms with E-state index in [0.29, 0.717) is 30.6 Å². The van der Waals surface area contributed by atoms with Gasteiger partial charge in [0.15, 0.2) is 18.1 Å². The Morgan fingerprint density at radius 3 is 2.63 bits per heavy atom. The first-order valence-electron chi connectivity index (χ1n) is 10.9. The number of rotatable bonds is 12. The van der Waals surface area contributed by atoms with Gasteiger partial charge in [0.25, 0.3) is 5.91 Å². The summed E-state index contributed by atoms with van der Waals surface area (Å²) in [6.45, 7) is 1.12. The monoisotopic (exact) mass is 497 g/mol. The molecule has 1 heterocycles. The van der Waals surface area contributed by atoms with E-state index in [1.165, 1.54) is 6.07 Å². The average Bonchev–Trinajstić information content (AvgIpc) is 3.18. The second-order valence-electron chi connectivity index (χ2n) is 8.08. The minimum absolute atomic E-state index is 0.00838. The lowest BCUT2D eigenvalue weighted by Gasteiger charge is -2.17. The Hall–Kier alpha value is -3.31. The summed E-state index contributed by atoms with van der Waals surface area (Å²) in [6, 6.07) is 8.64. The molecule has 0 bridgehead atoms. The maximum atomic E-state index is 13.4. The van der Waals surface area contributed by atoms with Crippen LogP contribution in [0.2, 0.25) is 0 Å². The van der Waals surface area contributed by atoms with Crippen molar-refractivity contribution in [2.24, 2.45) is 5.73 Å². The van der Waals surface area contributed by atoms with E-state index in [9.17, 15) is 27.5 Å². The largest absolute Gasteiger partial charge is 0.488 e. The third-order valence-corrected chi connectivity index (χ3v) is 5.22. The van der Waals surface area contributed by atoms with Crippen molar-refractivity contribution in [2.75, 3.05) is 26.4 Å². The van der Waals surface area contributed by atoms with Crippen molar-refractivity contribution in [1.82, 2.24) is 9.88 Å². The number of halogens is 4. The number of nitrogens with two attached hydrogens (primary N) is 1. The quantitative estimate of drug-likeness (QED) is 0.263. The van der Waals surface area contributed by atoms with Gasteiger partial charge in [-0.1, -0.05) is 0 Å². The Morgan fingerprint density at radius 1 is 1.17 bits per heavy atom. The Kier molecular flexibility index (Phi) is 8.57. The summed E-state index contributed by atoms with van der Waals surface area (Å²) in [6.07, 6.45) is -2.20. The molecular weight excluding hydrogens is 470 g/mol. The number of nitrogens with one attached hydrogen (secondary N) is 1. The van der Waals surface area contributed by atoms with E-state index in [1.54, 1.807) is 16.8 Å². The first-order valence-corrected chi connectivity index (χ1v) is 10.9. The SMILES string of the molecule is CC(Cc1cc(C(N)=O)c2c(ccn2CCO)c1)NCCOc1ccc(F)cc1OCC(F)(F)F. The van der Waals surface area contributed by atoms with E-state index in [4.69, 9.17) is 10.5 Å². The number of primary amides is 1. The summed E-state index contributed by atoms with van der Waals surface area (Å²) in [5.74, 6) is -1.61. The number of fused-ring (bicyclic) bond motifs is 1. The lowest BCUT2D eigenvalue weighted by molar-refractivity contribution is -0.153. The van der Waals surface area contributed by atoms with Crippen LogP contribution in [-0.4, -0.2) is 54.2 Å². The van der Waals surface area contributed by atoms with E-state index in [0.717, 1.165) is 23.1 Å². The number of aliphatic hydroxyl groups excluding tert-OH is 1. The molecule has 0 spiro atoms. The molecule has 190 valence electrons. The number of benzene rings is 2. The predicted molar refractivity (Wildman–Crippen MR) is 122 cm³/mol. The first-order chi connectivity index (χ1) is 16.6. The summed E-state index contributed by atoms with van der Waals surface area (Å²) in [5.41, 5.74) is 7.51. The van der Waals surface area contributed by atoms with E-state index < -0.39 is 24.5 Å². The van der Waals surface area contributed by atoms with Crippen molar-refractivity contribution >= 4 is 16.8 Å². The molecule has 0 fully saturated rings. The summed E-state index contributed by atoms with van der Waals surface area (Å²) in [7, 11) is 0. The highest BCUT2D eigenvalue weighted by Crippen LogP contribution is 2.30. The molecule has 3 rings (SSSR count). The number of hydrogen-bond acceptors (Lipinski definition) is 5. The zero-order chi connectivity index (χ0) is 25.6. The first kappa shape index (κ1) is 26.3. The number of amides is 1. The van der Waals surface area contributed by atoms with Crippen LogP contribution in [0.5, 0.6) is 11.5 Å². The summed E-state index contributed by atoms with van der Waals surface area (Å²) in [5, 5.41) is 13.3. The molecule has 0 saturated carbocycles. The minimum atomic E-state index is -4.56. The Morgan fingerprint density at radius 2 is 1.94 bits per heavy atom. The molecule has 1 amide bonds. The molecule has 11 heteroatoms. The number of aromatic nitrogens is 1. The third kappa shape index (κ3) is 7.33. The van der Waals surface area contributed by atoms with Gasteiger partial charge in [-0.25, -0.2) is 4.39 Å². The number of aliphatic hydroxyl groups is 1. The Balaban J connectivity index is 1.58. The number of ether oxygens (including phenoxy) is 2. The normalized spacial score (nSPS) is 12.6. The molecule has 0 radical (unpaired) electrons. The van der Waals surface area contributed by atoms with Gasteiger partial charge in [-0.3, -0.25) is 4.79 Å². The lowest BCUT2D eigenvalue weighted by Crippen LogP contribution is -2.32. The van der Waals surface area contributed by atoms with Crippen molar-refractivity contribution in [3.05, 3.63) is 59.5 Å². The topological polar surface area (TPSA) is 98.7 Å². The highest BCUT2D eigenvalue weighted by molar-refractivity contribution is 6.05. The van der Waals surface area contributed by atoms with Gasteiger partial charge < -0.3 is 30.2 Å². The van der Waals surface area contributed by atoms with Gasteiger partial charge in [0.1, 0.15) is 12.4 Å². The van der Waals surface area contributed by atoms with Gasteiger partial charge in [0.2, 0.25) is 0 Å². The summed E-state index contributed by atoms with van der Waals surface area (Å²) in [4.78, 5) is 12.0. The maximum absolute atomic E-state index is 13.4. The van der Waals surface area contributed by atoms with Gasteiger partial charge in [0.05, 0.1) is 17.7 Å². The van der Waals surface area contributed by atoms with Crippen LogP contribution < -0.4 is 20.5 Å². The molecule has 1 atom stereocenters. The van der Waals surface area contributed by atoms with Crippen LogP contribution in [0.1, 0.15) is 22.8 Å². The zero-order valence-corrected chi connectivity index (χ0v) is 19.1. The molecule has 3 aromatic rings. The number of alkyl halides is 3.